The first-order chi connectivity index (χ1) is 24.5. The van der Waals surface area contributed by atoms with E-state index < -0.39 is 89.3 Å². The zero-order valence-electron chi connectivity index (χ0n) is 30.3. The number of carbonyl (C=O) groups excluding carboxylic acids is 6. The summed E-state index contributed by atoms with van der Waals surface area (Å²) >= 11 is 0. The van der Waals surface area contributed by atoms with E-state index in [0.29, 0.717) is 38.5 Å². The fraction of sp³-hybridized carbons (Fsp3) is 0.784. The summed E-state index contributed by atoms with van der Waals surface area (Å²) < 4.78 is 39.5. The molecule has 4 aliphatic carbocycles. The van der Waals surface area contributed by atoms with E-state index in [1.54, 1.807) is 6.08 Å². The van der Waals surface area contributed by atoms with Gasteiger partial charge in [-0.3, -0.25) is 19.2 Å². The maximum Gasteiger partial charge on any atom is 0.331 e. The highest BCUT2D eigenvalue weighted by Crippen LogP contribution is 2.70. The average molecular weight is 735 g/mol. The molecule has 4 saturated carbocycles. The van der Waals surface area contributed by atoms with Gasteiger partial charge in [-0.1, -0.05) is 6.92 Å². The van der Waals surface area contributed by atoms with Crippen molar-refractivity contribution in [3.63, 3.8) is 0 Å². The molecule has 2 heterocycles. The Kier molecular flexibility index (Phi) is 10.4. The Morgan fingerprint density at radius 3 is 2.12 bits per heavy atom. The molecule has 2 aliphatic heterocycles. The SMILES string of the molecule is CC(=O)OCC1O[C@H](O[C@H]2CC[C@]3(C=O)[C@H]4CC[C@]5(C)[C@@H](C6=CC(=O)OC6)CC[C@@]5(O)[C@@H]4CC[C@]3(O)C2)C(OC(C)=O)C(OC(C)=O)C1OC(C)=O. The molecule has 0 spiro atoms. The molecule has 0 bridgehead atoms. The lowest BCUT2D eigenvalue weighted by atomic mass is 9.41. The summed E-state index contributed by atoms with van der Waals surface area (Å²) in [6.07, 6.45) is -1.40. The van der Waals surface area contributed by atoms with Crippen molar-refractivity contribution < 1.29 is 72.1 Å². The van der Waals surface area contributed by atoms with Gasteiger partial charge in [-0.25, -0.2) is 4.79 Å². The topological polar surface area (TPSA) is 207 Å². The second-order valence-corrected chi connectivity index (χ2v) is 15.8. The number of cyclic esters (lactones) is 1. The van der Waals surface area contributed by atoms with Gasteiger partial charge in [0.1, 0.15) is 25.6 Å². The zero-order chi connectivity index (χ0) is 37.8. The van der Waals surface area contributed by atoms with Crippen LogP contribution in [-0.2, 0) is 61.9 Å². The number of hydrogen-bond donors (Lipinski definition) is 2. The highest BCUT2D eigenvalue weighted by Gasteiger charge is 2.71. The van der Waals surface area contributed by atoms with Gasteiger partial charge in [0.05, 0.1) is 22.7 Å². The minimum absolute atomic E-state index is 0.0203. The molecule has 288 valence electrons. The van der Waals surface area contributed by atoms with Crippen molar-refractivity contribution in [1.29, 1.82) is 0 Å². The molecule has 0 aromatic rings. The lowest BCUT2D eigenvalue weighted by Crippen LogP contribution is -2.69. The van der Waals surface area contributed by atoms with Crippen molar-refractivity contribution in [3.05, 3.63) is 11.6 Å². The van der Waals surface area contributed by atoms with E-state index in [0.717, 1.165) is 32.6 Å². The zero-order valence-corrected chi connectivity index (χ0v) is 30.3. The highest BCUT2D eigenvalue weighted by atomic mass is 16.7. The van der Waals surface area contributed by atoms with Gasteiger partial charge in [0, 0.05) is 45.6 Å². The summed E-state index contributed by atoms with van der Waals surface area (Å²) in [6.45, 7) is 6.48. The number of fused-ring (bicyclic) bond motifs is 5. The first kappa shape index (κ1) is 38.3. The van der Waals surface area contributed by atoms with Gasteiger partial charge >= 0.3 is 29.8 Å². The molecule has 2 N–H and O–H groups in total. The minimum Gasteiger partial charge on any atom is -0.463 e. The summed E-state index contributed by atoms with van der Waals surface area (Å²) in [6, 6.07) is 0. The highest BCUT2D eigenvalue weighted by molar-refractivity contribution is 5.85. The Morgan fingerprint density at radius 2 is 1.50 bits per heavy atom. The van der Waals surface area contributed by atoms with Crippen LogP contribution in [0, 0.1) is 28.6 Å². The molecule has 5 fully saturated rings. The third kappa shape index (κ3) is 6.45. The predicted molar refractivity (Wildman–Crippen MR) is 174 cm³/mol. The monoisotopic (exact) mass is 734 g/mol. The van der Waals surface area contributed by atoms with E-state index in [1.807, 2.05) is 0 Å². The average Bonchev–Trinajstić information content (AvgIpc) is 3.61. The first-order valence-electron chi connectivity index (χ1n) is 18.2. The van der Waals surface area contributed by atoms with Crippen molar-refractivity contribution in [2.75, 3.05) is 13.2 Å². The number of esters is 5. The van der Waals surface area contributed by atoms with Gasteiger partial charge in [-0.05, 0) is 74.7 Å². The standard InChI is InChI=1S/C37H50O15/c1-19(39)46-17-28-30(48-20(2)40)31(49-21(3)41)32(50-22(4)42)33(52-28)51-24-6-11-35(18-38)26-7-10-34(5)25(23-14-29(43)47-16-23)9-13-37(34,45)27(26)8-12-36(35,44)15-24/h14,18,24-28,30-33,44-45H,6-13,15-17H2,1-5H3/t24-,25+,26-,27+,28?,30?,31?,32?,33-,34+,35-,36-,37+/m0/s1. The van der Waals surface area contributed by atoms with Crippen molar-refractivity contribution in [1.82, 2.24) is 0 Å². The first-order valence-corrected chi connectivity index (χ1v) is 18.2. The molecule has 6 rings (SSSR count). The van der Waals surface area contributed by atoms with Crippen LogP contribution >= 0.6 is 0 Å². The number of hydrogen-bond acceptors (Lipinski definition) is 15. The molecule has 52 heavy (non-hydrogen) atoms. The van der Waals surface area contributed by atoms with E-state index in [9.17, 15) is 39.0 Å². The maximum atomic E-state index is 13.3. The minimum atomic E-state index is -1.51. The molecule has 1 saturated heterocycles. The largest absolute Gasteiger partial charge is 0.463 e. The molecule has 6 aliphatic rings. The van der Waals surface area contributed by atoms with E-state index in [4.69, 9.17) is 33.2 Å². The molecular weight excluding hydrogens is 684 g/mol. The van der Waals surface area contributed by atoms with Gasteiger partial charge in [-0.15, -0.1) is 0 Å². The number of aldehydes is 1. The van der Waals surface area contributed by atoms with Crippen LogP contribution in [0.25, 0.3) is 0 Å². The molecule has 0 radical (unpaired) electrons. The molecule has 13 atom stereocenters. The van der Waals surface area contributed by atoms with Crippen molar-refractivity contribution in [3.8, 4) is 0 Å². The van der Waals surface area contributed by atoms with E-state index in [1.165, 1.54) is 6.92 Å². The lowest BCUT2D eigenvalue weighted by Gasteiger charge is -2.65. The molecule has 15 heteroatoms. The number of aliphatic hydroxyl groups is 2. The van der Waals surface area contributed by atoms with Crippen LogP contribution in [0.5, 0.6) is 0 Å². The van der Waals surface area contributed by atoms with Crippen LogP contribution < -0.4 is 0 Å². The van der Waals surface area contributed by atoms with Crippen molar-refractivity contribution in [2.24, 2.45) is 28.6 Å². The van der Waals surface area contributed by atoms with Crippen LogP contribution in [-0.4, -0.2) is 108 Å². The van der Waals surface area contributed by atoms with Crippen molar-refractivity contribution in [2.45, 2.75) is 140 Å². The third-order valence-electron chi connectivity index (χ3n) is 13.1. The van der Waals surface area contributed by atoms with Crippen LogP contribution in [0.2, 0.25) is 0 Å². The van der Waals surface area contributed by atoms with E-state index >= 15 is 0 Å². The van der Waals surface area contributed by atoms with Gasteiger partial charge in [0.25, 0.3) is 0 Å². The molecule has 0 amide bonds. The summed E-state index contributed by atoms with van der Waals surface area (Å²) in [4.78, 5) is 73.7. The second kappa shape index (κ2) is 14.1. The van der Waals surface area contributed by atoms with Crippen LogP contribution in [0.4, 0.5) is 0 Å². The summed E-state index contributed by atoms with van der Waals surface area (Å²) in [5.74, 6) is -3.89. The lowest BCUT2D eigenvalue weighted by molar-refractivity contribution is -0.326. The summed E-state index contributed by atoms with van der Waals surface area (Å²) in [5, 5.41) is 25.0. The van der Waals surface area contributed by atoms with Crippen molar-refractivity contribution >= 4 is 36.1 Å². The Hall–Kier alpha value is -3.40. The van der Waals surface area contributed by atoms with Crippen LogP contribution in [0.15, 0.2) is 11.6 Å². The van der Waals surface area contributed by atoms with Crippen LogP contribution in [0.3, 0.4) is 0 Å². The fourth-order valence-electron chi connectivity index (χ4n) is 10.9. The summed E-state index contributed by atoms with van der Waals surface area (Å²) in [7, 11) is 0. The van der Waals surface area contributed by atoms with E-state index in [2.05, 4.69) is 6.92 Å². The van der Waals surface area contributed by atoms with E-state index in [-0.39, 0.29) is 49.6 Å². The number of carbonyl (C=O) groups is 6. The summed E-state index contributed by atoms with van der Waals surface area (Å²) in [5.41, 5.74) is -3.40. The Balaban J connectivity index is 1.25. The smallest absolute Gasteiger partial charge is 0.331 e. The quantitative estimate of drug-likeness (QED) is 0.150. The van der Waals surface area contributed by atoms with Crippen LogP contribution in [0.1, 0.15) is 92.4 Å². The fourth-order valence-corrected chi connectivity index (χ4v) is 10.9. The normalized spacial score (nSPS) is 43.8. The molecule has 0 aromatic heterocycles. The van der Waals surface area contributed by atoms with Gasteiger partial charge in [0.15, 0.2) is 24.6 Å². The third-order valence-corrected chi connectivity index (χ3v) is 13.1. The van der Waals surface area contributed by atoms with Gasteiger partial charge in [0.2, 0.25) is 0 Å². The molecule has 15 nitrogen and oxygen atoms in total. The van der Waals surface area contributed by atoms with Gasteiger partial charge < -0.3 is 48.2 Å². The Bertz CT molecular complexity index is 1510. The number of ether oxygens (including phenoxy) is 7. The molecule has 4 unspecified atom stereocenters. The molecular formula is C37H50O15. The number of rotatable bonds is 9. The second-order valence-electron chi connectivity index (χ2n) is 15.8. The Morgan fingerprint density at radius 1 is 0.846 bits per heavy atom. The maximum absolute atomic E-state index is 13.3. The predicted octanol–water partition coefficient (Wildman–Crippen LogP) is 2.01. The molecule has 0 aromatic carbocycles. The Labute approximate surface area is 302 Å². The van der Waals surface area contributed by atoms with Gasteiger partial charge in [-0.2, -0.15) is 0 Å².